The van der Waals surface area contributed by atoms with Gasteiger partial charge in [0.1, 0.15) is 6.54 Å². The highest BCUT2D eigenvalue weighted by atomic mass is 16.5. The zero-order valence-corrected chi connectivity index (χ0v) is 13.3. The van der Waals surface area contributed by atoms with Crippen LogP contribution in [0.2, 0.25) is 0 Å². The Morgan fingerprint density at radius 1 is 1.23 bits per heavy atom. The first-order valence-corrected chi connectivity index (χ1v) is 6.76. The van der Waals surface area contributed by atoms with E-state index in [4.69, 9.17) is 14.6 Å². The van der Waals surface area contributed by atoms with Crippen LogP contribution >= 0.6 is 0 Å². The molecule has 0 saturated heterocycles. The first-order valence-electron chi connectivity index (χ1n) is 6.76. The minimum absolute atomic E-state index is 0.112. The number of amides is 1. The summed E-state index contributed by atoms with van der Waals surface area (Å²) < 4.78 is 10.5. The number of carbonyl (C=O) groups excluding carboxylic acids is 1. The molecular formula is C15H22N2O5. The number of nitrogens with zero attached hydrogens (tertiary/aromatic N) is 1. The van der Waals surface area contributed by atoms with Crippen molar-refractivity contribution in [2.45, 2.75) is 13.5 Å². The zero-order chi connectivity index (χ0) is 16.7. The van der Waals surface area contributed by atoms with Crippen molar-refractivity contribution in [1.82, 2.24) is 10.2 Å². The van der Waals surface area contributed by atoms with Crippen LogP contribution in [0.15, 0.2) is 12.1 Å². The molecule has 2 N–H and O–H groups in total. The minimum Gasteiger partial charge on any atom is -0.493 e. The molecule has 0 atom stereocenters. The van der Waals surface area contributed by atoms with Gasteiger partial charge in [-0.15, -0.1) is 0 Å². The Labute approximate surface area is 129 Å². The van der Waals surface area contributed by atoms with Crippen LogP contribution in [0, 0.1) is 6.92 Å². The van der Waals surface area contributed by atoms with Crippen LogP contribution in [-0.2, 0) is 16.1 Å². The molecule has 1 aromatic carbocycles. The molecule has 0 aromatic heterocycles. The van der Waals surface area contributed by atoms with Crippen LogP contribution in [0.4, 0.5) is 0 Å². The van der Waals surface area contributed by atoms with E-state index in [0.29, 0.717) is 18.0 Å². The van der Waals surface area contributed by atoms with E-state index in [-0.39, 0.29) is 19.0 Å². The third-order valence-corrected chi connectivity index (χ3v) is 3.13. The maximum Gasteiger partial charge on any atom is 0.322 e. The molecule has 1 aromatic rings. The first kappa shape index (κ1) is 17.8. The van der Waals surface area contributed by atoms with E-state index in [9.17, 15) is 9.59 Å². The van der Waals surface area contributed by atoms with Crippen LogP contribution < -0.4 is 14.8 Å². The van der Waals surface area contributed by atoms with Gasteiger partial charge in [-0.2, -0.15) is 0 Å². The van der Waals surface area contributed by atoms with Crippen molar-refractivity contribution in [3.63, 3.8) is 0 Å². The predicted octanol–water partition coefficient (Wildman–Crippen LogP) is 0.645. The van der Waals surface area contributed by atoms with Gasteiger partial charge in [0, 0.05) is 6.54 Å². The molecule has 0 bridgehead atoms. The summed E-state index contributed by atoms with van der Waals surface area (Å²) in [4.78, 5) is 23.8. The summed E-state index contributed by atoms with van der Waals surface area (Å²) in [6, 6.07) is 3.76. The maximum absolute atomic E-state index is 11.6. The summed E-state index contributed by atoms with van der Waals surface area (Å²) in [7, 11) is 4.94. The normalized spacial score (nSPS) is 10.4. The quantitative estimate of drug-likeness (QED) is 0.733. The first-order chi connectivity index (χ1) is 10.4. The van der Waals surface area contributed by atoms with Crippen LogP contribution in [0.1, 0.15) is 11.1 Å². The molecule has 0 unspecified atom stereocenters. The van der Waals surface area contributed by atoms with Gasteiger partial charge < -0.3 is 19.9 Å². The Morgan fingerprint density at radius 2 is 1.82 bits per heavy atom. The van der Waals surface area contributed by atoms with E-state index in [1.165, 1.54) is 0 Å². The monoisotopic (exact) mass is 310 g/mol. The van der Waals surface area contributed by atoms with Gasteiger partial charge in [-0.05, 0) is 37.2 Å². The molecule has 122 valence electrons. The molecule has 0 fully saturated rings. The van der Waals surface area contributed by atoms with Crippen molar-refractivity contribution in [2.75, 3.05) is 34.4 Å². The number of aliphatic carboxylic acids is 1. The predicted molar refractivity (Wildman–Crippen MR) is 81.3 cm³/mol. The van der Waals surface area contributed by atoms with Gasteiger partial charge >= 0.3 is 5.97 Å². The van der Waals surface area contributed by atoms with E-state index < -0.39 is 5.97 Å². The van der Waals surface area contributed by atoms with E-state index in [1.54, 1.807) is 26.2 Å². The fourth-order valence-corrected chi connectivity index (χ4v) is 2.02. The second kappa shape index (κ2) is 8.23. The van der Waals surface area contributed by atoms with Gasteiger partial charge in [0.2, 0.25) is 5.91 Å². The maximum atomic E-state index is 11.6. The molecule has 0 aliphatic carbocycles. The van der Waals surface area contributed by atoms with E-state index in [0.717, 1.165) is 11.1 Å². The standard InChI is InChI=1S/C15H22N2O5/c1-10-5-12(21-3)13(22-4)6-11(10)8-17(2)9-14(18)16-7-15(19)20/h5-6H,7-9H2,1-4H3,(H,16,18)(H,19,20). The Bertz CT molecular complexity index is 545. The molecule has 7 nitrogen and oxygen atoms in total. The van der Waals surface area contributed by atoms with E-state index in [2.05, 4.69) is 5.32 Å². The lowest BCUT2D eigenvalue weighted by molar-refractivity contribution is -0.138. The van der Waals surface area contributed by atoms with Gasteiger partial charge in [-0.25, -0.2) is 0 Å². The van der Waals surface area contributed by atoms with Crippen LogP contribution in [0.5, 0.6) is 11.5 Å². The van der Waals surface area contributed by atoms with Crippen molar-refractivity contribution in [3.05, 3.63) is 23.3 Å². The van der Waals surface area contributed by atoms with Crippen molar-refractivity contribution >= 4 is 11.9 Å². The number of ether oxygens (including phenoxy) is 2. The molecule has 7 heteroatoms. The number of benzene rings is 1. The van der Waals surface area contributed by atoms with E-state index >= 15 is 0 Å². The van der Waals surface area contributed by atoms with Gasteiger partial charge in [0.25, 0.3) is 0 Å². The average molecular weight is 310 g/mol. The lowest BCUT2D eigenvalue weighted by atomic mass is 10.1. The Kier molecular flexibility index (Phi) is 6.65. The number of methoxy groups -OCH3 is 2. The molecule has 1 amide bonds. The average Bonchev–Trinajstić information content (AvgIpc) is 2.46. The summed E-state index contributed by atoms with van der Waals surface area (Å²) in [6.07, 6.45) is 0. The number of hydrogen-bond donors (Lipinski definition) is 2. The largest absolute Gasteiger partial charge is 0.493 e. The molecule has 0 saturated carbocycles. The van der Waals surface area contributed by atoms with Crippen molar-refractivity contribution in [2.24, 2.45) is 0 Å². The summed E-state index contributed by atoms with van der Waals surface area (Å²) in [6.45, 7) is 2.23. The smallest absolute Gasteiger partial charge is 0.322 e. The molecule has 0 spiro atoms. The number of carboxylic acids is 1. The summed E-state index contributed by atoms with van der Waals surface area (Å²) in [5.74, 6) is -0.104. The molecule has 1 rings (SSSR count). The lowest BCUT2D eigenvalue weighted by Crippen LogP contribution is -2.37. The van der Waals surface area contributed by atoms with Gasteiger partial charge in [-0.1, -0.05) is 0 Å². The van der Waals surface area contributed by atoms with Gasteiger partial charge in [0.15, 0.2) is 11.5 Å². The third-order valence-electron chi connectivity index (χ3n) is 3.13. The molecule has 0 aliphatic heterocycles. The Morgan fingerprint density at radius 3 is 2.36 bits per heavy atom. The molecule has 22 heavy (non-hydrogen) atoms. The second-order valence-corrected chi connectivity index (χ2v) is 4.98. The highest BCUT2D eigenvalue weighted by Crippen LogP contribution is 2.30. The minimum atomic E-state index is -1.06. The third kappa shape index (κ3) is 5.25. The number of hydrogen-bond acceptors (Lipinski definition) is 5. The Hall–Kier alpha value is -2.28. The van der Waals surface area contributed by atoms with E-state index in [1.807, 2.05) is 19.1 Å². The van der Waals surface area contributed by atoms with Crippen LogP contribution in [0.3, 0.4) is 0 Å². The second-order valence-electron chi connectivity index (χ2n) is 4.98. The number of aryl methyl sites for hydroxylation is 1. The summed E-state index contributed by atoms with van der Waals surface area (Å²) in [5.41, 5.74) is 2.03. The number of rotatable bonds is 8. The molecule has 0 heterocycles. The van der Waals surface area contributed by atoms with Crippen molar-refractivity contribution < 1.29 is 24.2 Å². The van der Waals surface area contributed by atoms with Crippen molar-refractivity contribution in [3.8, 4) is 11.5 Å². The summed E-state index contributed by atoms with van der Waals surface area (Å²) in [5, 5.41) is 10.9. The van der Waals surface area contributed by atoms with Crippen LogP contribution in [-0.4, -0.2) is 56.2 Å². The summed E-state index contributed by atoms with van der Waals surface area (Å²) >= 11 is 0. The topological polar surface area (TPSA) is 88.1 Å². The SMILES string of the molecule is COc1cc(C)c(CN(C)CC(=O)NCC(=O)O)cc1OC. The number of carboxylic acid groups (broad SMARTS) is 1. The fourth-order valence-electron chi connectivity index (χ4n) is 2.02. The zero-order valence-electron chi connectivity index (χ0n) is 13.3. The fraction of sp³-hybridized carbons (Fsp3) is 0.467. The van der Waals surface area contributed by atoms with Crippen molar-refractivity contribution in [1.29, 1.82) is 0 Å². The number of likely N-dealkylation sites (N-methyl/N-ethyl adjacent to an activating group) is 1. The molecule has 0 radical (unpaired) electrons. The molecular weight excluding hydrogens is 288 g/mol. The van der Waals surface area contributed by atoms with Crippen LogP contribution in [0.25, 0.3) is 0 Å². The lowest BCUT2D eigenvalue weighted by Gasteiger charge is -2.19. The molecule has 0 aliphatic rings. The Balaban J connectivity index is 2.69. The highest BCUT2D eigenvalue weighted by Gasteiger charge is 2.12. The highest BCUT2D eigenvalue weighted by molar-refractivity contribution is 5.82. The van der Waals surface area contributed by atoms with Gasteiger partial charge in [0.05, 0.1) is 20.8 Å². The number of nitrogens with one attached hydrogen (secondary N) is 1. The number of carbonyl (C=O) groups is 2. The van der Waals surface area contributed by atoms with Gasteiger partial charge in [-0.3, -0.25) is 14.5 Å².